The molecule has 4 atom stereocenters. The Morgan fingerprint density at radius 2 is 1.84 bits per heavy atom. The second kappa shape index (κ2) is 12.1. The van der Waals surface area contributed by atoms with E-state index in [2.05, 4.69) is 0 Å². The van der Waals surface area contributed by atoms with E-state index in [1.165, 1.54) is 38.5 Å². The fourth-order valence-corrected chi connectivity index (χ4v) is 6.14. The Labute approximate surface area is 193 Å². The van der Waals surface area contributed by atoms with Crippen LogP contribution in [-0.4, -0.2) is 39.3 Å². The molecular formula is C27H42O5. The maximum absolute atomic E-state index is 12.4. The molecule has 180 valence electrons. The average molecular weight is 447 g/mol. The number of carboxylic acid groups (broad SMARTS) is 1. The second-order valence-corrected chi connectivity index (χ2v) is 10.5. The molecule has 0 bridgehead atoms. The van der Waals surface area contributed by atoms with Gasteiger partial charge in [0.25, 0.3) is 0 Å². The quantitative estimate of drug-likeness (QED) is 0.283. The van der Waals surface area contributed by atoms with E-state index in [1.54, 1.807) is 0 Å². The van der Waals surface area contributed by atoms with Crippen LogP contribution in [0.25, 0.3) is 0 Å². The Morgan fingerprint density at radius 3 is 2.50 bits per heavy atom. The normalized spacial score (nSPS) is 29.6. The number of carbonyl (C=O) groups is 2. The van der Waals surface area contributed by atoms with Gasteiger partial charge in [-0.2, -0.15) is 0 Å². The third kappa shape index (κ3) is 6.77. The van der Waals surface area contributed by atoms with Gasteiger partial charge in [0.1, 0.15) is 5.78 Å². The molecule has 5 heteroatoms. The van der Waals surface area contributed by atoms with Gasteiger partial charge in [0, 0.05) is 24.7 Å². The lowest BCUT2D eigenvalue weighted by molar-refractivity contribution is -0.137. The Kier molecular flexibility index (Phi) is 9.54. The van der Waals surface area contributed by atoms with Gasteiger partial charge in [-0.1, -0.05) is 62.8 Å². The Morgan fingerprint density at radius 1 is 1.09 bits per heavy atom. The zero-order chi connectivity index (χ0) is 23.0. The third-order valence-corrected chi connectivity index (χ3v) is 8.24. The zero-order valence-electron chi connectivity index (χ0n) is 19.5. The first-order valence-corrected chi connectivity index (χ1v) is 12.8. The average Bonchev–Trinajstić information content (AvgIpc) is 3.00. The van der Waals surface area contributed by atoms with Crippen molar-refractivity contribution in [2.45, 2.75) is 109 Å². The highest BCUT2D eigenvalue weighted by molar-refractivity contribution is 5.84. The molecule has 3 fully saturated rings. The standard InChI is InChI=1S/C27H42O5/c28-23-18-24(29)22(21(23)12-6-1-2-7-15-26(31)32)13-8-14-25(30)27(16-9-17-27)19-20-10-4-3-5-11-20/h1,6,8,13,20-22,24-25,29-30H,2-5,7,9-12,14-19H2,(H,31,32)/b6-1-,13-8+/t21-,22-,24-,25?/m1/s1. The fraction of sp³-hybridized carbons (Fsp3) is 0.778. The molecule has 1 unspecified atom stereocenters. The van der Waals surface area contributed by atoms with Gasteiger partial charge in [0.15, 0.2) is 0 Å². The smallest absolute Gasteiger partial charge is 0.303 e. The number of hydrogen-bond donors (Lipinski definition) is 3. The first kappa shape index (κ1) is 25.2. The van der Waals surface area contributed by atoms with E-state index >= 15 is 0 Å². The molecule has 0 aromatic heterocycles. The van der Waals surface area contributed by atoms with Gasteiger partial charge in [0.05, 0.1) is 12.2 Å². The lowest BCUT2D eigenvalue weighted by atomic mass is 9.59. The summed E-state index contributed by atoms with van der Waals surface area (Å²) in [5.41, 5.74) is 0.0779. The lowest BCUT2D eigenvalue weighted by Gasteiger charge is -2.48. The van der Waals surface area contributed by atoms with E-state index < -0.39 is 12.1 Å². The van der Waals surface area contributed by atoms with Crippen molar-refractivity contribution < 1.29 is 24.9 Å². The van der Waals surface area contributed by atoms with E-state index in [4.69, 9.17) is 5.11 Å². The van der Waals surface area contributed by atoms with Crippen LogP contribution in [0.2, 0.25) is 0 Å². The zero-order valence-corrected chi connectivity index (χ0v) is 19.5. The molecule has 0 aromatic rings. The number of carbonyl (C=O) groups excluding carboxylic acids is 1. The molecule has 0 heterocycles. The van der Waals surface area contributed by atoms with E-state index in [1.807, 2.05) is 24.3 Å². The van der Waals surface area contributed by atoms with E-state index in [-0.39, 0.29) is 42.0 Å². The molecule has 0 spiro atoms. The van der Waals surface area contributed by atoms with E-state index in [9.17, 15) is 19.8 Å². The molecule has 3 rings (SSSR count). The number of carboxylic acids is 1. The van der Waals surface area contributed by atoms with Gasteiger partial charge in [-0.15, -0.1) is 0 Å². The third-order valence-electron chi connectivity index (χ3n) is 8.24. The minimum Gasteiger partial charge on any atom is -0.481 e. The SMILES string of the molecule is O=C(O)CCC/C=C\C[C@H]1C(=O)C[C@@H](O)[C@@H]1/C=C/CC(O)C1(CC2CCCCC2)CCC1. The van der Waals surface area contributed by atoms with Crippen LogP contribution in [0.3, 0.4) is 0 Å². The first-order chi connectivity index (χ1) is 15.4. The highest BCUT2D eigenvalue weighted by Gasteiger charge is 2.44. The predicted octanol–water partition coefficient (Wildman–Crippen LogP) is 5.20. The van der Waals surface area contributed by atoms with Crippen LogP contribution in [0.15, 0.2) is 24.3 Å². The molecule has 3 saturated carbocycles. The Hall–Kier alpha value is -1.46. The molecule has 32 heavy (non-hydrogen) atoms. The molecule has 3 aliphatic rings. The summed E-state index contributed by atoms with van der Waals surface area (Å²) in [6.45, 7) is 0. The van der Waals surface area contributed by atoms with Crippen molar-refractivity contribution >= 4 is 11.8 Å². The highest BCUT2D eigenvalue weighted by Crippen LogP contribution is 2.51. The molecule has 0 saturated heterocycles. The maximum atomic E-state index is 12.4. The molecule has 0 radical (unpaired) electrons. The van der Waals surface area contributed by atoms with Gasteiger partial charge in [0.2, 0.25) is 0 Å². The van der Waals surface area contributed by atoms with Crippen molar-refractivity contribution in [2.24, 2.45) is 23.2 Å². The summed E-state index contributed by atoms with van der Waals surface area (Å²) in [4.78, 5) is 23.0. The number of rotatable bonds is 12. The van der Waals surface area contributed by atoms with Crippen LogP contribution in [0.1, 0.15) is 96.3 Å². The van der Waals surface area contributed by atoms with Crippen LogP contribution in [0.4, 0.5) is 0 Å². The summed E-state index contributed by atoms with van der Waals surface area (Å²) in [6, 6.07) is 0. The van der Waals surface area contributed by atoms with E-state index in [0.29, 0.717) is 25.7 Å². The van der Waals surface area contributed by atoms with Crippen molar-refractivity contribution in [3.05, 3.63) is 24.3 Å². The molecule has 3 N–H and O–H groups in total. The number of unbranched alkanes of at least 4 members (excludes halogenated alkanes) is 1. The largest absolute Gasteiger partial charge is 0.481 e. The lowest BCUT2D eigenvalue weighted by Crippen LogP contribution is -2.43. The highest BCUT2D eigenvalue weighted by atomic mass is 16.4. The number of ketones is 1. The van der Waals surface area contributed by atoms with Gasteiger partial charge >= 0.3 is 5.97 Å². The number of Topliss-reactive ketones (excluding diaryl/α,β-unsaturated/α-hetero) is 1. The van der Waals surface area contributed by atoms with Crippen LogP contribution < -0.4 is 0 Å². The number of aliphatic carboxylic acids is 1. The molecule has 3 aliphatic carbocycles. The van der Waals surface area contributed by atoms with Crippen LogP contribution in [0, 0.1) is 23.2 Å². The van der Waals surface area contributed by atoms with Crippen LogP contribution in [0.5, 0.6) is 0 Å². The monoisotopic (exact) mass is 446 g/mol. The van der Waals surface area contributed by atoms with Gasteiger partial charge in [-0.25, -0.2) is 0 Å². The fourth-order valence-electron chi connectivity index (χ4n) is 6.14. The molecule has 0 aromatic carbocycles. The predicted molar refractivity (Wildman–Crippen MR) is 125 cm³/mol. The summed E-state index contributed by atoms with van der Waals surface area (Å²) in [5, 5.41) is 30.1. The van der Waals surface area contributed by atoms with Gasteiger partial charge in [-0.05, 0) is 56.3 Å². The van der Waals surface area contributed by atoms with Crippen molar-refractivity contribution in [3.63, 3.8) is 0 Å². The summed E-state index contributed by atoms with van der Waals surface area (Å²) in [5.74, 6) is -0.357. The molecule has 0 aliphatic heterocycles. The Balaban J connectivity index is 1.49. The number of hydrogen-bond acceptors (Lipinski definition) is 4. The van der Waals surface area contributed by atoms with Crippen molar-refractivity contribution in [1.29, 1.82) is 0 Å². The minimum atomic E-state index is -0.790. The minimum absolute atomic E-state index is 0.0779. The van der Waals surface area contributed by atoms with E-state index in [0.717, 1.165) is 25.2 Å². The summed E-state index contributed by atoms with van der Waals surface area (Å²) >= 11 is 0. The Bertz CT molecular complexity index is 672. The van der Waals surface area contributed by atoms with Crippen LogP contribution >= 0.6 is 0 Å². The van der Waals surface area contributed by atoms with Crippen LogP contribution in [-0.2, 0) is 9.59 Å². The molecule has 5 nitrogen and oxygen atoms in total. The molecule has 0 amide bonds. The first-order valence-electron chi connectivity index (χ1n) is 12.8. The topological polar surface area (TPSA) is 94.8 Å². The van der Waals surface area contributed by atoms with Crippen molar-refractivity contribution in [2.75, 3.05) is 0 Å². The number of allylic oxidation sites excluding steroid dienone is 2. The van der Waals surface area contributed by atoms with Crippen molar-refractivity contribution in [3.8, 4) is 0 Å². The van der Waals surface area contributed by atoms with Gasteiger partial charge < -0.3 is 15.3 Å². The molecular weight excluding hydrogens is 404 g/mol. The second-order valence-electron chi connectivity index (χ2n) is 10.5. The number of aliphatic hydroxyl groups excluding tert-OH is 2. The maximum Gasteiger partial charge on any atom is 0.303 e. The number of aliphatic hydroxyl groups is 2. The summed E-state index contributed by atoms with van der Waals surface area (Å²) < 4.78 is 0. The summed E-state index contributed by atoms with van der Waals surface area (Å²) in [7, 11) is 0. The van der Waals surface area contributed by atoms with Crippen molar-refractivity contribution in [1.82, 2.24) is 0 Å². The van der Waals surface area contributed by atoms with Gasteiger partial charge in [-0.3, -0.25) is 9.59 Å². The summed E-state index contributed by atoms with van der Waals surface area (Å²) in [6.07, 6.45) is 20.9.